The molecule has 0 aliphatic heterocycles. The topological polar surface area (TPSA) is 52.6 Å². The predicted octanol–water partition coefficient (Wildman–Crippen LogP) is 9.62. The highest BCUT2D eigenvalue weighted by Gasteiger charge is 2.09. The molecule has 44 heavy (non-hydrogen) atoms. The Morgan fingerprint density at radius 1 is 0.545 bits per heavy atom. The molecular formula is C40H48O4. The van der Waals surface area contributed by atoms with Crippen LogP contribution in [0.2, 0.25) is 0 Å². The number of carbonyl (C=O) groups is 2. The first-order valence-corrected chi connectivity index (χ1v) is 15.9. The Hall–Kier alpha value is -4.18. The van der Waals surface area contributed by atoms with Crippen molar-refractivity contribution in [2.45, 2.75) is 66.2 Å². The van der Waals surface area contributed by atoms with Crippen molar-refractivity contribution in [1.82, 2.24) is 0 Å². The molecule has 0 fully saturated rings. The lowest BCUT2D eigenvalue weighted by atomic mass is 9.96. The molecule has 0 bridgehead atoms. The lowest BCUT2D eigenvalue weighted by molar-refractivity contribution is 0.0485. The van der Waals surface area contributed by atoms with Gasteiger partial charge in [0.25, 0.3) is 0 Å². The maximum absolute atomic E-state index is 11.8. The van der Waals surface area contributed by atoms with Crippen LogP contribution >= 0.6 is 0 Å². The molecular weight excluding hydrogens is 544 g/mol. The Balaban J connectivity index is 0.000000240. The zero-order valence-corrected chi connectivity index (χ0v) is 26.8. The second-order valence-corrected chi connectivity index (χ2v) is 11.9. The van der Waals surface area contributed by atoms with Crippen molar-refractivity contribution in [2.75, 3.05) is 13.2 Å². The van der Waals surface area contributed by atoms with Crippen molar-refractivity contribution in [3.05, 3.63) is 143 Å². The first-order valence-electron chi connectivity index (χ1n) is 15.9. The summed E-state index contributed by atoms with van der Waals surface area (Å²) in [5.74, 6) is 0.730. The van der Waals surface area contributed by atoms with Gasteiger partial charge in [0, 0.05) is 0 Å². The Bertz CT molecular complexity index is 1290. The molecule has 4 nitrogen and oxygen atoms in total. The van der Waals surface area contributed by atoms with E-state index in [1.54, 1.807) is 24.3 Å². The van der Waals surface area contributed by atoms with E-state index in [0.717, 1.165) is 38.5 Å². The maximum atomic E-state index is 11.8. The van der Waals surface area contributed by atoms with Crippen LogP contribution in [0.3, 0.4) is 0 Å². The Kier molecular flexibility index (Phi) is 14.9. The molecule has 4 aromatic carbocycles. The van der Waals surface area contributed by atoms with Gasteiger partial charge in [0.05, 0.1) is 24.3 Å². The van der Waals surface area contributed by atoms with E-state index in [4.69, 9.17) is 9.47 Å². The second-order valence-electron chi connectivity index (χ2n) is 11.9. The summed E-state index contributed by atoms with van der Waals surface area (Å²) in [6.45, 7) is 9.73. The highest BCUT2D eigenvalue weighted by atomic mass is 16.5. The van der Waals surface area contributed by atoms with E-state index in [0.29, 0.717) is 36.2 Å². The first-order chi connectivity index (χ1) is 21.3. The van der Waals surface area contributed by atoms with Gasteiger partial charge in [-0.25, -0.2) is 9.59 Å². The number of hydrogen-bond donors (Lipinski definition) is 0. The third kappa shape index (κ3) is 13.4. The molecule has 0 aromatic heterocycles. The number of benzene rings is 4. The van der Waals surface area contributed by atoms with E-state index in [2.05, 4.69) is 76.2 Å². The highest BCUT2D eigenvalue weighted by molar-refractivity contribution is 5.89. The largest absolute Gasteiger partial charge is 0.462 e. The van der Waals surface area contributed by atoms with Gasteiger partial charge in [-0.05, 0) is 99.6 Å². The molecule has 0 amide bonds. The van der Waals surface area contributed by atoms with Crippen LogP contribution in [0.5, 0.6) is 0 Å². The fraction of sp³-hybridized carbons (Fsp3) is 0.350. The molecule has 0 unspecified atom stereocenters. The average molecular weight is 593 g/mol. The van der Waals surface area contributed by atoms with Crippen LogP contribution in [0.15, 0.2) is 109 Å². The molecule has 0 N–H and O–H groups in total. The minimum absolute atomic E-state index is 0.230. The second kappa shape index (κ2) is 19.2. The number of rotatable bonds is 14. The molecule has 0 saturated carbocycles. The van der Waals surface area contributed by atoms with E-state index in [9.17, 15) is 9.59 Å². The van der Waals surface area contributed by atoms with Gasteiger partial charge in [-0.15, -0.1) is 0 Å². The summed E-state index contributed by atoms with van der Waals surface area (Å²) in [5, 5.41) is 0. The van der Waals surface area contributed by atoms with Crippen LogP contribution < -0.4 is 0 Å². The normalized spacial score (nSPS) is 11.9. The van der Waals surface area contributed by atoms with Crippen molar-refractivity contribution < 1.29 is 19.1 Å². The SMILES string of the molecule is Cc1cccc(C[C@@H](C)CCCOC(=O)c2ccccc2)c1.Cc1cccc(C[C@H](C)CCCOC(=O)c2ccccc2)c1. The van der Waals surface area contributed by atoms with Crippen molar-refractivity contribution in [3.8, 4) is 0 Å². The first kappa shape index (κ1) is 34.3. The maximum Gasteiger partial charge on any atom is 0.338 e. The average Bonchev–Trinajstić information content (AvgIpc) is 3.02. The van der Waals surface area contributed by atoms with Crippen molar-refractivity contribution in [2.24, 2.45) is 11.8 Å². The Labute approximate surface area is 264 Å². The third-order valence-corrected chi connectivity index (χ3v) is 7.50. The van der Waals surface area contributed by atoms with Crippen molar-refractivity contribution in [1.29, 1.82) is 0 Å². The zero-order valence-electron chi connectivity index (χ0n) is 26.8. The van der Waals surface area contributed by atoms with E-state index in [-0.39, 0.29) is 11.9 Å². The highest BCUT2D eigenvalue weighted by Crippen LogP contribution is 2.16. The van der Waals surface area contributed by atoms with Crippen LogP contribution in [0.25, 0.3) is 0 Å². The zero-order chi connectivity index (χ0) is 31.6. The molecule has 4 rings (SSSR count). The van der Waals surface area contributed by atoms with Gasteiger partial charge >= 0.3 is 11.9 Å². The molecule has 0 saturated heterocycles. The Morgan fingerprint density at radius 2 is 0.932 bits per heavy atom. The van der Waals surface area contributed by atoms with Gasteiger partial charge in [-0.3, -0.25) is 0 Å². The van der Waals surface area contributed by atoms with Gasteiger partial charge in [0.1, 0.15) is 0 Å². The summed E-state index contributed by atoms with van der Waals surface area (Å²) in [4.78, 5) is 23.6. The summed E-state index contributed by atoms with van der Waals surface area (Å²) < 4.78 is 10.6. The lowest BCUT2D eigenvalue weighted by Gasteiger charge is -2.12. The van der Waals surface area contributed by atoms with Gasteiger partial charge in [0.2, 0.25) is 0 Å². The number of aryl methyl sites for hydroxylation is 2. The third-order valence-electron chi connectivity index (χ3n) is 7.50. The summed E-state index contributed by atoms with van der Waals surface area (Å²) >= 11 is 0. The minimum Gasteiger partial charge on any atom is -0.462 e. The summed E-state index contributed by atoms with van der Waals surface area (Å²) in [6, 6.07) is 35.6. The van der Waals surface area contributed by atoms with Crippen LogP contribution in [-0.4, -0.2) is 25.2 Å². The van der Waals surface area contributed by atoms with Gasteiger partial charge < -0.3 is 9.47 Å². The minimum atomic E-state index is -0.230. The van der Waals surface area contributed by atoms with Crippen molar-refractivity contribution >= 4 is 11.9 Å². The quantitative estimate of drug-likeness (QED) is 0.108. The summed E-state index contributed by atoms with van der Waals surface area (Å²) in [5.41, 5.74) is 6.62. The van der Waals surface area contributed by atoms with E-state index in [1.165, 1.54) is 22.3 Å². The molecule has 0 aliphatic rings. The molecule has 232 valence electrons. The predicted molar refractivity (Wildman–Crippen MR) is 180 cm³/mol. The van der Waals surface area contributed by atoms with Crippen molar-refractivity contribution in [3.63, 3.8) is 0 Å². The monoisotopic (exact) mass is 592 g/mol. The van der Waals surface area contributed by atoms with Crippen LogP contribution in [0, 0.1) is 25.7 Å². The van der Waals surface area contributed by atoms with Gasteiger partial charge in [-0.2, -0.15) is 0 Å². The summed E-state index contributed by atoms with van der Waals surface area (Å²) in [6.07, 6.45) is 6.10. The van der Waals surface area contributed by atoms with Gasteiger partial charge in [-0.1, -0.05) is 110 Å². The Morgan fingerprint density at radius 3 is 1.30 bits per heavy atom. The lowest BCUT2D eigenvalue weighted by Crippen LogP contribution is -2.08. The molecule has 0 aliphatic carbocycles. The molecule has 0 radical (unpaired) electrons. The van der Waals surface area contributed by atoms with E-state index >= 15 is 0 Å². The standard InChI is InChI=1S/2C20H24O2/c2*1-16-8-6-10-18(14-16)15-17(2)9-7-13-22-20(21)19-11-4-3-5-12-19/h2*3-6,8,10-12,14,17H,7,9,13,15H2,1-2H3/t2*17-/m10/s1. The molecule has 4 heteroatoms. The summed E-state index contributed by atoms with van der Waals surface area (Å²) in [7, 11) is 0. The van der Waals surface area contributed by atoms with Crippen LogP contribution in [0.1, 0.15) is 82.5 Å². The fourth-order valence-corrected chi connectivity index (χ4v) is 5.20. The molecule has 4 aromatic rings. The smallest absolute Gasteiger partial charge is 0.338 e. The number of esters is 2. The molecule has 2 atom stereocenters. The number of ether oxygens (including phenoxy) is 2. The number of hydrogen-bond acceptors (Lipinski definition) is 4. The fourth-order valence-electron chi connectivity index (χ4n) is 5.20. The van der Waals surface area contributed by atoms with Gasteiger partial charge in [0.15, 0.2) is 0 Å². The van der Waals surface area contributed by atoms with Crippen LogP contribution in [0.4, 0.5) is 0 Å². The molecule has 0 spiro atoms. The van der Waals surface area contributed by atoms with E-state index < -0.39 is 0 Å². The van der Waals surface area contributed by atoms with Crippen LogP contribution in [-0.2, 0) is 22.3 Å². The van der Waals surface area contributed by atoms with E-state index in [1.807, 2.05) is 36.4 Å². The molecule has 0 heterocycles. The number of carbonyl (C=O) groups excluding carboxylic acids is 2.